The molecule has 166 valence electrons. The maximum atomic E-state index is 13.3. The second-order valence-corrected chi connectivity index (χ2v) is 10.3. The highest BCUT2D eigenvalue weighted by Crippen LogP contribution is 2.28. The maximum absolute atomic E-state index is 13.3. The Bertz CT molecular complexity index is 1220. The van der Waals surface area contributed by atoms with Crippen LogP contribution in [0.15, 0.2) is 77.7 Å². The molecule has 1 atom stereocenters. The van der Waals surface area contributed by atoms with E-state index in [-0.39, 0.29) is 15.5 Å². The predicted molar refractivity (Wildman–Crippen MR) is 126 cm³/mol. The molecule has 0 aliphatic carbocycles. The third-order valence-electron chi connectivity index (χ3n) is 5.79. The number of nitrogens with one attached hydrogen (secondary N) is 1. The Morgan fingerprint density at radius 2 is 1.62 bits per heavy atom. The van der Waals surface area contributed by atoms with Crippen LogP contribution in [-0.4, -0.2) is 31.7 Å². The summed E-state index contributed by atoms with van der Waals surface area (Å²) >= 11 is 6.34. The number of carbonyl (C=O) groups is 1. The van der Waals surface area contributed by atoms with E-state index in [1.807, 2.05) is 61.5 Å². The molecule has 0 bridgehead atoms. The molecule has 1 heterocycles. The van der Waals surface area contributed by atoms with Gasteiger partial charge in [-0.1, -0.05) is 66.2 Å². The van der Waals surface area contributed by atoms with Gasteiger partial charge in [-0.2, -0.15) is 4.31 Å². The normalized spacial score (nSPS) is 15.4. The molecule has 7 heteroatoms. The van der Waals surface area contributed by atoms with Crippen molar-refractivity contribution in [2.45, 2.75) is 30.7 Å². The first-order chi connectivity index (χ1) is 15.4. The molecule has 3 aromatic carbocycles. The molecular weight excluding hydrogens is 444 g/mol. The Balaban J connectivity index is 1.69. The van der Waals surface area contributed by atoms with Gasteiger partial charge in [-0.05, 0) is 54.7 Å². The minimum atomic E-state index is -3.66. The van der Waals surface area contributed by atoms with Crippen LogP contribution in [0.4, 0.5) is 0 Å². The number of hydrogen-bond acceptors (Lipinski definition) is 3. The Hall–Kier alpha value is -2.67. The molecule has 1 amide bonds. The largest absolute Gasteiger partial charge is 0.341 e. The number of aryl methyl sites for hydroxylation is 1. The van der Waals surface area contributed by atoms with Gasteiger partial charge < -0.3 is 5.32 Å². The van der Waals surface area contributed by atoms with E-state index in [0.29, 0.717) is 13.1 Å². The number of rotatable bonds is 6. The molecule has 1 saturated heterocycles. The first kappa shape index (κ1) is 22.5. The summed E-state index contributed by atoms with van der Waals surface area (Å²) in [7, 11) is -3.66. The van der Waals surface area contributed by atoms with Gasteiger partial charge >= 0.3 is 0 Å². The molecule has 1 aliphatic rings. The van der Waals surface area contributed by atoms with E-state index < -0.39 is 22.0 Å². The number of sulfonamides is 1. The second-order valence-electron chi connectivity index (χ2n) is 7.93. The van der Waals surface area contributed by atoms with Crippen molar-refractivity contribution in [2.24, 2.45) is 0 Å². The topological polar surface area (TPSA) is 66.5 Å². The van der Waals surface area contributed by atoms with Gasteiger partial charge in [0.05, 0.1) is 21.5 Å². The fourth-order valence-corrected chi connectivity index (χ4v) is 5.77. The van der Waals surface area contributed by atoms with E-state index in [2.05, 4.69) is 5.32 Å². The van der Waals surface area contributed by atoms with Crippen LogP contribution in [0.25, 0.3) is 0 Å². The monoisotopic (exact) mass is 468 g/mol. The lowest BCUT2D eigenvalue weighted by molar-refractivity contribution is 0.0943. The highest BCUT2D eigenvalue weighted by Gasteiger charge is 2.29. The number of nitrogens with zero attached hydrogens (tertiary/aromatic N) is 1. The minimum absolute atomic E-state index is 0.0844. The summed E-state index contributed by atoms with van der Waals surface area (Å²) in [5.41, 5.74) is 3.07. The lowest BCUT2D eigenvalue weighted by Gasteiger charge is -2.22. The third kappa shape index (κ3) is 4.58. The van der Waals surface area contributed by atoms with Crippen LogP contribution in [0.1, 0.15) is 45.9 Å². The summed E-state index contributed by atoms with van der Waals surface area (Å²) in [5, 5.41) is 3.27. The van der Waals surface area contributed by atoms with Crippen LogP contribution in [-0.2, 0) is 10.0 Å². The van der Waals surface area contributed by atoms with Gasteiger partial charge in [0.2, 0.25) is 10.0 Å². The summed E-state index contributed by atoms with van der Waals surface area (Å²) in [5.74, 6) is -0.425. The van der Waals surface area contributed by atoms with Crippen LogP contribution in [0.5, 0.6) is 0 Å². The number of halogens is 1. The van der Waals surface area contributed by atoms with Crippen LogP contribution < -0.4 is 5.32 Å². The maximum Gasteiger partial charge on any atom is 0.253 e. The number of benzene rings is 3. The molecule has 1 N–H and O–H groups in total. The Labute approximate surface area is 194 Å². The fraction of sp³-hybridized carbons (Fsp3) is 0.240. The molecular formula is C25H25ClN2O3S. The minimum Gasteiger partial charge on any atom is -0.341 e. The molecule has 0 aromatic heterocycles. The van der Waals surface area contributed by atoms with Crippen LogP contribution >= 0.6 is 11.6 Å². The van der Waals surface area contributed by atoms with Crippen LogP contribution in [0.3, 0.4) is 0 Å². The molecule has 1 fully saturated rings. The Kier molecular flexibility index (Phi) is 6.65. The van der Waals surface area contributed by atoms with Crippen LogP contribution in [0, 0.1) is 6.92 Å². The second kappa shape index (κ2) is 9.45. The standard InChI is InChI=1S/C25H25ClN2O3S/c1-18-9-5-6-12-21(18)24(19-10-3-2-4-11-19)27-25(29)22-17-20(13-14-23(22)26)32(30,31)28-15-7-8-16-28/h2-6,9-14,17,24H,7-8,15-16H2,1H3,(H,27,29)/t24-/m1/s1. The first-order valence-corrected chi connectivity index (χ1v) is 12.4. The van der Waals surface area contributed by atoms with Gasteiger partial charge in [-0.25, -0.2) is 8.42 Å². The average Bonchev–Trinajstić information content (AvgIpc) is 3.35. The summed E-state index contributed by atoms with van der Waals surface area (Å²) < 4.78 is 27.4. The van der Waals surface area contributed by atoms with Gasteiger partial charge in [-0.15, -0.1) is 0 Å². The van der Waals surface area contributed by atoms with Crippen molar-refractivity contribution in [1.29, 1.82) is 0 Å². The lowest BCUT2D eigenvalue weighted by atomic mass is 9.94. The predicted octanol–water partition coefficient (Wildman–Crippen LogP) is 4.95. The van der Waals surface area contributed by atoms with Gasteiger partial charge in [0.15, 0.2) is 0 Å². The molecule has 0 unspecified atom stereocenters. The number of carbonyl (C=O) groups excluding carboxylic acids is 1. The van der Waals surface area contributed by atoms with E-state index in [1.165, 1.54) is 22.5 Å². The van der Waals surface area contributed by atoms with Gasteiger partial charge in [0.1, 0.15) is 0 Å². The smallest absolute Gasteiger partial charge is 0.253 e. The summed E-state index contributed by atoms with van der Waals surface area (Å²) in [4.78, 5) is 13.4. The van der Waals surface area contributed by atoms with E-state index in [9.17, 15) is 13.2 Å². The van der Waals surface area contributed by atoms with Gasteiger partial charge in [-0.3, -0.25) is 4.79 Å². The van der Waals surface area contributed by atoms with Crippen molar-refractivity contribution >= 4 is 27.5 Å². The van der Waals surface area contributed by atoms with Gasteiger partial charge in [0.25, 0.3) is 5.91 Å². The zero-order valence-corrected chi connectivity index (χ0v) is 19.4. The van der Waals surface area contributed by atoms with Crippen molar-refractivity contribution in [1.82, 2.24) is 9.62 Å². The molecule has 0 spiro atoms. The zero-order chi connectivity index (χ0) is 22.7. The van der Waals surface area contributed by atoms with E-state index in [4.69, 9.17) is 11.6 Å². The molecule has 1 aliphatic heterocycles. The van der Waals surface area contributed by atoms with Crippen molar-refractivity contribution < 1.29 is 13.2 Å². The average molecular weight is 469 g/mol. The molecule has 0 saturated carbocycles. The van der Waals surface area contributed by atoms with E-state index in [1.54, 1.807) is 0 Å². The lowest BCUT2D eigenvalue weighted by Crippen LogP contribution is -2.31. The van der Waals surface area contributed by atoms with E-state index in [0.717, 1.165) is 29.5 Å². The Morgan fingerprint density at radius 1 is 0.969 bits per heavy atom. The molecule has 5 nitrogen and oxygen atoms in total. The van der Waals surface area contributed by atoms with Gasteiger partial charge in [0, 0.05) is 13.1 Å². The highest BCUT2D eigenvalue weighted by atomic mass is 35.5. The van der Waals surface area contributed by atoms with Crippen molar-refractivity contribution in [2.75, 3.05) is 13.1 Å². The quantitative estimate of drug-likeness (QED) is 0.556. The highest BCUT2D eigenvalue weighted by molar-refractivity contribution is 7.89. The third-order valence-corrected chi connectivity index (χ3v) is 8.02. The molecule has 4 rings (SSSR count). The zero-order valence-electron chi connectivity index (χ0n) is 17.8. The van der Waals surface area contributed by atoms with E-state index >= 15 is 0 Å². The van der Waals surface area contributed by atoms with Crippen molar-refractivity contribution in [3.05, 3.63) is 100 Å². The SMILES string of the molecule is Cc1ccccc1[C@H](NC(=O)c1cc(S(=O)(=O)N2CCCC2)ccc1Cl)c1ccccc1. The number of amides is 1. The summed E-state index contributed by atoms with van der Waals surface area (Å²) in [6.07, 6.45) is 1.69. The van der Waals surface area contributed by atoms with Crippen LogP contribution in [0.2, 0.25) is 5.02 Å². The first-order valence-electron chi connectivity index (χ1n) is 10.6. The number of hydrogen-bond donors (Lipinski definition) is 1. The summed E-state index contributed by atoms with van der Waals surface area (Å²) in [6.45, 7) is 2.99. The summed E-state index contributed by atoms with van der Waals surface area (Å²) in [6, 6.07) is 21.4. The fourth-order valence-electron chi connectivity index (χ4n) is 4.02. The molecule has 32 heavy (non-hydrogen) atoms. The Morgan fingerprint density at radius 3 is 2.31 bits per heavy atom. The van der Waals surface area contributed by atoms with Crippen molar-refractivity contribution in [3.63, 3.8) is 0 Å². The van der Waals surface area contributed by atoms with Crippen molar-refractivity contribution in [3.8, 4) is 0 Å². The molecule has 0 radical (unpaired) electrons. The molecule has 3 aromatic rings.